The van der Waals surface area contributed by atoms with Crippen molar-refractivity contribution in [2.45, 2.75) is 12.8 Å². The van der Waals surface area contributed by atoms with Crippen LogP contribution in [0.1, 0.15) is 18.4 Å². The molecule has 0 bridgehead atoms. The standard InChI is InChI=1S/C10H11NO3/c1-6(5-11)7-3-8(12)10(13)9(4-7)14-2/h3-4,6,12-13H,1-2H3. The highest BCUT2D eigenvalue weighted by molar-refractivity contribution is 5.53. The maximum atomic E-state index is 9.32. The number of ether oxygens (including phenoxy) is 1. The van der Waals surface area contributed by atoms with E-state index in [0.717, 1.165) is 0 Å². The van der Waals surface area contributed by atoms with Crippen molar-refractivity contribution in [2.24, 2.45) is 0 Å². The van der Waals surface area contributed by atoms with E-state index in [-0.39, 0.29) is 23.2 Å². The maximum absolute atomic E-state index is 9.32. The van der Waals surface area contributed by atoms with E-state index in [2.05, 4.69) is 0 Å². The number of nitrogens with zero attached hydrogens (tertiary/aromatic N) is 1. The molecule has 1 rings (SSSR count). The lowest BCUT2D eigenvalue weighted by atomic mass is 10.0. The van der Waals surface area contributed by atoms with Gasteiger partial charge in [-0.1, -0.05) is 0 Å². The van der Waals surface area contributed by atoms with E-state index in [1.807, 2.05) is 6.07 Å². The average molecular weight is 193 g/mol. The fourth-order valence-corrected chi connectivity index (χ4v) is 1.09. The number of hydrogen-bond acceptors (Lipinski definition) is 4. The molecule has 0 saturated carbocycles. The summed E-state index contributed by atoms with van der Waals surface area (Å²) < 4.78 is 4.84. The van der Waals surface area contributed by atoms with Gasteiger partial charge >= 0.3 is 0 Å². The normalized spacial score (nSPS) is 11.8. The van der Waals surface area contributed by atoms with Crippen molar-refractivity contribution < 1.29 is 14.9 Å². The molecule has 14 heavy (non-hydrogen) atoms. The van der Waals surface area contributed by atoms with Crippen LogP contribution in [0.5, 0.6) is 17.2 Å². The second-order valence-electron chi connectivity index (χ2n) is 2.94. The van der Waals surface area contributed by atoms with Crippen LogP contribution >= 0.6 is 0 Å². The summed E-state index contributed by atoms with van der Waals surface area (Å²) >= 11 is 0. The summed E-state index contributed by atoms with van der Waals surface area (Å²) in [6.45, 7) is 1.70. The zero-order chi connectivity index (χ0) is 10.7. The van der Waals surface area contributed by atoms with Crippen molar-refractivity contribution in [3.05, 3.63) is 17.7 Å². The average Bonchev–Trinajstić information content (AvgIpc) is 2.20. The molecule has 0 fully saturated rings. The van der Waals surface area contributed by atoms with Crippen molar-refractivity contribution in [2.75, 3.05) is 7.11 Å². The molecule has 0 aliphatic rings. The Labute approximate surface area is 82.0 Å². The molecule has 74 valence electrons. The molecule has 0 aliphatic carbocycles. The van der Waals surface area contributed by atoms with Gasteiger partial charge in [0.1, 0.15) is 0 Å². The summed E-state index contributed by atoms with van der Waals surface area (Å²) in [5.41, 5.74) is 0.611. The molecular formula is C10H11NO3. The maximum Gasteiger partial charge on any atom is 0.200 e. The first kappa shape index (κ1) is 10.2. The van der Waals surface area contributed by atoms with E-state index < -0.39 is 0 Å². The molecule has 2 N–H and O–H groups in total. The van der Waals surface area contributed by atoms with Gasteiger partial charge in [0.05, 0.1) is 19.1 Å². The summed E-state index contributed by atoms with van der Waals surface area (Å²) in [4.78, 5) is 0. The van der Waals surface area contributed by atoms with Crippen LogP contribution in [0, 0.1) is 11.3 Å². The number of phenols is 2. The topological polar surface area (TPSA) is 73.5 Å². The molecule has 0 heterocycles. The number of aromatic hydroxyl groups is 2. The van der Waals surface area contributed by atoms with Crippen LogP contribution < -0.4 is 4.74 Å². The molecule has 0 saturated heterocycles. The van der Waals surface area contributed by atoms with Crippen LogP contribution in [-0.2, 0) is 0 Å². The first-order valence-corrected chi connectivity index (χ1v) is 4.09. The Morgan fingerprint density at radius 2 is 2.07 bits per heavy atom. The van der Waals surface area contributed by atoms with Crippen LogP contribution in [0.4, 0.5) is 0 Å². The van der Waals surface area contributed by atoms with Crippen LogP contribution in [-0.4, -0.2) is 17.3 Å². The van der Waals surface area contributed by atoms with Gasteiger partial charge < -0.3 is 14.9 Å². The highest BCUT2D eigenvalue weighted by Crippen LogP contribution is 2.38. The van der Waals surface area contributed by atoms with Gasteiger partial charge in [-0.25, -0.2) is 0 Å². The summed E-state index contributed by atoms with van der Waals surface area (Å²) in [7, 11) is 1.38. The van der Waals surface area contributed by atoms with Gasteiger partial charge in [0, 0.05) is 0 Å². The number of nitriles is 1. The van der Waals surface area contributed by atoms with Gasteiger partial charge in [-0.05, 0) is 24.6 Å². The SMILES string of the molecule is COc1cc(C(C)C#N)cc(O)c1O. The van der Waals surface area contributed by atoms with E-state index in [9.17, 15) is 10.2 Å². The summed E-state index contributed by atoms with van der Waals surface area (Å²) in [6, 6.07) is 4.91. The van der Waals surface area contributed by atoms with Gasteiger partial charge in [0.15, 0.2) is 11.5 Å². The van der Waals surface area contributed by atoms with Gasteiger partial charge in [0.25, 0.3) is 0 Å². The van der Waals surface area contributed by atoms with Crippen LogP contribution in [0.2, 0.25) is 0 Å². The summed E-state index contributed by atoms with van der Waals surface area (Å²) in [5, 5.41) is 27.3. The number of benzene rings is 1. The number of hydrogen-bond donors (Lipinski definition) is 2. The molecular weight excluding hydrogens is 182 g/mol. The fourth-order valence-electron chi connectivity index (χ4n) is 1.09. The zero-order valence-corrected chi connectivity index (χ0v) is 7.98. The number of phenolic OH excluding ortho intramolecular Hbond substituents is 2. The lowest BCUT2D eigenvalue weighted by molar-refractivity contribution is 0.350. The molecule has 4 heteroatoms. The molecule has 0 radical (unpaired) electrons. The quantitative estimate of drug-likeness (QED) is 0.701. The van der Waals surface area contributed by atoms with Gasteiger partial charge in [-0.2, -0.15) is 5.26 Å². The third-order valence-corrected chi connectivity index (χ3v) is 1.99. The minimum absolute atomic E-state index is 0.169. The highest BCUT2D eigenvalue weighted by Gasteiger charge is 2.13. The van der Waals surface area contributed by atoms with Crippen molar-refractivity contribution in [3.63, 3.8) is 0 Å². The highest BCUT2D eigenvalue weighted by atomic mass is 16.5. The second-order valence-corrected chi connectivity index (χ2v) is 2.94. The lowest BCUT2D eigenvalue weighted by Gasteiger charge is -2.09. The third-order valence-electron chi connectivity index (χ3n) is 1.99. The molecule has 1 aromatic rings. The Kier molecular flexibility index (Phi) is 2.82. The summed E-state index contributed by atoms with van der Waals surface area (Å²) in [5.74, 6) is -0.764. The molecule has 0 spiro atoms. The van der Waals surface area contributed by atoms with Crippen molar-refractivity contribution in [3.8, 4) is 23.3 Å². The van der Waals surface area contributed by atoms with Crippen LogP contribution in [0.15, 0.2) is 12.1 Å². The molecule has 1 atom stereocenters. The van der Waals surface area contributed by atoms with E-state index >= 15 is 0 Å². The summed E-state index contributed by atoms with van der Waals surface area (Å²) in [6.07, 6.45) is 0. The first-order chi connectivity index (χ1) is 6.60. The Bertz CT molecular complexity index is 382. The smallest absolute Gasteiger partial charge is 0.200 e. The molecule has 0 amide bonds. The molecule has 1 unspecified atom stereocenters. The third kappa shape index (κ3) is 1.72. The largest absolute Gasteiger partial charge is 0.504 e. The minimum atomic E-state index is -0.351. The van der Waals surface area contributed by atoms with Crippen molar-refractivity contribution in [1.29, 1.82) is 5.26 Å². The Morgan fingerprint density at radius 1 is 1.43 bits per heavy atom. The van der Waals surface area contributed by atoms with Crippen LogP contribution in [0.3, 0.4) is 0 Å². The van der Waals surface area contributed by atoms with E-state index in [4.69, 9.17) is 10.00 Å². The predicted molar refractivity (Wildman–Crippen MR) is 50.4 cm³/mol. The number of methoxy groups -OCH3 is 1. The van der Waals surface area contributed by atoms with Crippen molar-refractivity contribution in [1.82, 2.24) is 0 Å². The first-order valence-electron chi connectivity index (χ1n) is 4.09. The monoisotopic (exact) mass is 193 g/mol. The van der Waals surface area contributed by atoms with E-state index in [1.54, 1.807) is 6.92 Å². The van der Waals surface area contributed by atoms with Gasteiger partial charge in [0.2, 0.25) is 5.75 Å². The molecule has 0 aliphatic heterocycles. The molecule has 1 aromatic carbocycles. The fraction of sp³-hybridized carbons (Fsp3) is 0.300. The minimum Gasteiger partial charge on any atom is -0.504 e. The van der Waals surface area contributed by atoms with E-state index in [0.29, 0.717) is 5.56 Å². The Hall–Kier alpha value is -1.89. The van der Waals surface area contributed by atoms with Gasteiger partial charge in [-0.3, -0.25) is 0 Å². The van der Waals surface area contributed by atoms with E-state index in [1.165, 1.54) is 19.2 Å². The van der Waals surface area contributed by atoms with Gasteiger partial charge in [-0.15, -0.1) is 0 Å². The van der Waals surface area contributed by atoms with Crippen molar-refractivity contribution >= 4 is 0 Å². The molecule has 0 aromatic heterocycles. The number of rotatable bonds is 2. The Balaban J connectivity index is 3.24. The Morgan fingerprint density at radius 3 is 2.57 bits per heavy atom. The van der Waals surface area contributed by atoms with Crippen LogP contribution in [0.25, 0.3) is 0 Å². The lowest BCUT2D eigenvalue weighted by Crippen LogP contribution is -1.92. The molecule has 4 nitrogen and oxygen atoms in total. The second kappa shape index (κ2) is 3.88. The predicted octanol–water partition coefficient (Wildman–Crippen LogP) is 1.73. The zero-order valence-electron chi connectivity index (χ0n) is 7.98.